The second-order valence-corrected chi connectivity index (χ2v) is 8.22. The fourth-order valence-corrected chi connectivity index (χ4v) is 4.86. The first kappa shape index (κ1) is 18.3. The lowest BCUT2D eigenvalue weighted by molar-refractivity contribution is 0.270. The highest BCUT2D eigenvalue weighted by atomic mass is 35.5. The van der Waals surface area contributed by atoms with Crippen LogP contribution in [0, 0.1) is 11.6 Å². The molecule has 0 aromatic heterocycles. The van der Waals surface area contributed by atoms with Gasteiger partial charge in [-0.3, -0.25) is 0 Å². The second kappa shape index (κ2) is 7.37. The molecule has 1 atom stereocenters. The molecular formula is C17H17ClF2N2O2S. The molecule has 0 spiro atoms. The Morgan fingerprint density at radius 3 is 2.72 bits per heavy atom. The van der Waals surface area contributed by atoms with E-state index in [1.165, 1.54) is 28.6 Å². The maximum Gasteiger partial charge on any atom is 0.218 e. The lowest BCUT2D eigenvalue weighted by Crippen LogP contribution is -2.48. The summed E-state index contributed by atoms with van der Waals surface area (Å²) in [6.07, 6.45) is 0. The van der Waals surface area contributed by atoms with Gasteiger partial charge in [0.05, 0.1) is 16.8 Å². The fraction of sp³-hybridized carbons (Fsp3) is 0.294. The summed E-state index contributed by atoms with van der Waals surface area (Å²) in [7, 11) is -3.69. The van der Waals surface area contributed by atoms with Gasteiger partial charge in [0.25, 0.3) is 0 Å². The Bertz CT molecular complexity index is 877. The summed E-state index contributed by atoms with van der Waals surface area (Å²) in [4.78, 5) is 0. The van der Waals surface area contributed by atoms with Crippen molar-refractivity contribution in [3.05, 3.63) is 70.2 Å². The van der Waals surface area contributed by atoms with Crippen molar-refractivity contribution in [3.8, 4) is 0 Å². The highest BCUT2D eigenvalue weighted by molar-refractivity contribution is 7.88. The van der Waals surface area contributed by atoms with Crippen molar-refractivity contribution in [2.45, 2.75) is 11.8 Å². The van der Waals surface area contributed by atoms with Crippen LogP contribution in [-0.4, -0.2) is 32.4 Å². The number of rotatable bonds is 4. The largest absolute Gasteiger partial charge is 0.313 e. The average molecular weight is 387 g/mol. The van der Waals surface area contributed by atoms with Gasteiger partial charge in [0.15, 0.2) is 0 Å². The normalized spacial score (nSPS) is 19.1. The van der Waals surface area contributed by atoms with Crippen LogP contribution in [0.3, 0.4) is 0 Å². The summed E-state index contributed by atoms with van der Waals surface area (Å²) in [5, 5.41) is 3.02. The SMILES string of the molecule is O=S(=O)(Cc1ccc(F)c(Cl)c1)N1CCNCC1c1cccc(F)c1. The molecule has 2 aromatic carbocycles. The predicted octanol–water partition coefficient (Wildman–Crippen LogP) is 3.09. The molecule has 0 aliphatic carbocycles. The first-order valence-corrected chi connectivity index (χ1v) is 9.75. The summed E-state index contributed by atoms with van der Waals surface area (Å²) in [6, 6.07) is 9.29. The van der Waals surface area contributed by atoms with Crippen molar-refractivity contribution < 1.29 is 17.2 Å². The molecule has 1 aliphatic rings. The standard InChI is InChI=1S/C17H17ClF2N2O2S/c18-15-8-12(4-5-16(15)20)11-25(23,24)22-7-6-21-10-17(22)13-2-1-3-14(19)9-13/h1-5,8-9,17,21H,6-7,10-11H2. The molecule has 4 nitrogen and oxygen atoms in total. The van der Waals surface area contributed by atoms with E-state index in [1.807, 2.05) is 0 Å². The molecule has 1 fully saturated rings. The highest BCUT2D eigenvalue weighted by Crippen LogP contribution is 2.28. The van der Waals surface area contributed by atoms with Crippen molar-refractivity contribution in [2.24, 2.45) is 0 Å². The van der Waals surface area contributed by atoms with Gasteiger partial charge in [-0.25, -0.2) is 17.2 Å². The van der Waals surface area contributed by atoms with Gasteiger partial charge in [-0.15, -0.1) is 0 Å². The number of benzene rings is 2. The molecule has 1 unspecified atom stereocenters. The smallest absolute Gasteiger partial charge is 0.218 e. The van der Waals surface area contributed by atoms with Crippen LogP contribution in [0.5, 0.6) is 0 Å². The highest BCUT2D eigenvalue weighted by Gasteiger charge is 2.33. The molecule has 0 amide bonds. The minimum atomic E-state index is -3.69. The van der Waals surface area contributed by atoms with Crippen molar-refractivity contribution in [3.63, 3.8) is 0 Å². The van der Waals surface area contributed by atoms with E-state index in [-0.39, 0.29) is 17.3 Å². The third-order valence-electron chi connectivity index (χ3n) is 4.12. The molecule has 1 saturated heterocycles. The van der Waals surface area contributed by atoms with Gasteiger partial charge in [0.1, 0.15) is 11.6 Å². The lowest BCUT2D eigenvalue weighted by Gasteiger charge is -2.35. The number of hydrogen-bond acceptors (Lipinski definition) is 3. The molecule has 25 heavy (non-hydrogen) atoms. The van der Waals surface area contributed by atoms with Crippen LogP contribution in [0.15, 0.2) is 42.5 Å². The van der Waals surface area contributed by atoms with Crippen LogP contribution in [-0.2, 0) is 15.8 Å². The van der Waals surface area contributed by atoms with Crippen LogP contribution < -0.4 is 5.32 Å². The van der Waals surface area contributed by atoms with Crippen molar-refractivity contribution in [1.82, 2.24) is 9.62 Å². The maximum atomic E-state index is 13.5. The van der Waals surface area contributed by atoms with Crippen molar-refractivity contribution in [1.29, 1.82) is 0 Å². The number of piperazine rings is 1. The Hall–Kier alpha value is -1.54. The molecule has 1 N–H and O–H groups in total. The number of sulfonamides is 1. The zero-order chi connectivity index (χ0) is 18.0. The Labute approximate surface area is 150 Å². The Balaban J connectivity index is 1.89. The third-order valence-corrected chi connectivity index (χ3v) is 6.26. The van der Waals surface area contributed by atoms with E-state index < -0.39 is 27.7 Å². The van der Waals surface area contributed by atoms with Crippen molar-refractivity contribution in [2.75, 3.05) is 19.6 Å². The fourth-order valence-electron chi connectivity index (χ4n) is 2.94. The Morgan fingerprint density at radius 2 is 2.00 bits per heavy atom. The van der Waals surface area contributed by atoms with Crippen LogP contribution in [0.25, 0.3) is 0 Å². The molecule has 1 heterocycles. The first-order chi connectivity index (χ1) is 11.9. The van der Waals surface area contributed by atoms with E-state index >= 15 is 0 Å². The van der Waals surface area contributed by atoms with Gasteiger partial charge in [-0.2, -0.15) is 4.31 Å². The Kier molecular flexibility index (Phi) is 5.38. The molecule has 0 bridgehead atoms. The monoisotopic (exact) mass is 386 g/mol. The third kappa shape index (κ3) is 4.17. The zero-order valence-corrected chi connectivity index (χ0v) is 14.8. The summed E-state index contributed by atoms with van der Waals surface area (Å²) in [5.41, 5.74) is 0.996. The molecule has 0 radical (unpaired) electrons. The Morgan fingerprint density at radius 1 is 1.20 bits per heavy atom. The number of hydrogen-bond donors (Lipinski definition) is 1. The van der Waals surface area contributed by atoms with Gasteiger partial charge in [0.2, 0.25) is 10.0 Å². The molecule has 1 aliphatic heterocycles. The van der Waals surface area contributed by atoms with Gasteiger partial charge >= 0.3 is 0 Å². The molecule has 134 valence electrons. The average Bonchev–Trinajstić information content (AvgIpc) is 2.58. The van der Waals surface area contributed by atoms with E-state index in [1.54, 1.807) is 12.1 Å². The molecule has 8 heteroatoms. The van der Waals surface area contributed by atoms with Gasteiger partial charge in [-0.1, -0.05) is 29.8 Å². The lowest BCUT2D eigenvalue weighted by atomic mass is 10.1. The molecule has 2 aromatic rings. The summed E-state index contributed by atoms with van der Waals surface area (Å²) in [5.74, 6) is -1.30. The van der Waals surface area contributed by atoms with E-state index in [9.17, 15) is 17.2 Å². The maximum absolute atomic E-state index is 13.5. The van der Waals surface area contributed by atoms with Crippen LogP contribution in [0.1, 0.15) is 17.2 Å². The minimum Gasteiger partial charge on any atom is -0.313 e. The number of halogens is 3. The number of nitrogens with zero attached hydrogens (tertiary/aromatic N) is 1. The van der Waals surface area contributed by atoms with Gasteiger partial charge < -0.3 is 5.32 Å². The predicted molar refractivity (Wildman–Crippen MR) is 92.8 cm³/mol. The second-order valence-electron chi connectivity index (χ2n) is 5.89. The molecule has 3 rings (SSSR count). The number of nitrogens with one attached hydrogen (secondary N) is 1. The topological polar surface area (TPSA) is 49.4 Å². The van der Waals surface area contributed by atoms with Crippen LogP contribution >= 0.6 is 11.6 Å². The van der Waals surface area contributed by atoms with Crippen LogP contribution in [0.4, 0.5) is 8.78 Å². The van der Waals surface area contributed by atoms with E-state index in [4.69, 9.17) is 11.6 Å². The quantitative estimate of drug-likeness (QED) is 0.878. The zero-order valence-electron chi connectivity index (χ0n) is 13.3. The molecule has 0 saturated carbocycles. The summed E-state index contributed by atoms with van der Waals surface area (Å²) in [6.45, 7) is 1.18. The van der Waals surface area contributed by atoms with Crippen molar-refractivity contribution >= 4 is 21.6 Å². The minimum absolute atomic E-state index is 0.116. The van der Waals surface area contributed by atoms with Crippen LogP contribution in [0.2, 0.25) is 5.02 Å². The van der Waals surface area contributed by atoms with Gasteiger partial charge in [-0.05, 0) is 35.4 Å². The first-order valence-electron chi connectivity index (χ1n) is 7.76. The van der Waals surface area contributed by atoms with E-state index in [2.05, 4.69) is 5.32 Å². The summed E-state index contributed by atoms with van der Waals surface area (Å²) >= 11 is 5.74. The van der Waals surface area contributed by atoms with Gasteiger partial charge in [0, 0.05) is 19.6 Å². The van der Waals surface area contributed by atoms with E-state index in [0.717, 1.165) is 6.07 Å². The molecular weight excluding hydrogens is 370 g/mol. The summed E-state index contributed by atoms with van der Waals surface area (Å²) < 4.78 is 54.0. The van der Waals surface area contributed by atoms with E-state index in [0.29, 0.717) is 24.2 Å².